The second-order valence-corrected chi connectivity index (χ2v) is 6.05. The number of nitrogens with one attached hydrogen (secondary N) is 2. The predicted octanol–water partition coefficient (Wildman–Crippen LogP) is 1.32. The molecule has 7 nitrogen and oxygen atoms in total. The summed E-state index contributed by atoms with van der Waals surface area (Å²) >= 11 is 0. The van der Waals surface area contributed by atoms with Crippen molar-refractivity contribution in [1.29, 1.82) is 0 Å². The van der Waals surface area contributed by atoms with Crippen molar-refractivity contribution in [2.24, 2.45) is 10.3 Å². The molecule has 1 aromatic carbocycles. The summed E-state index contributed by atoms with van der Waals surface area (Å²) in [7, 11) is -3.82. The molecule has 0 aliphatic carbocycles. The number of sulfonamides is 1. The monoisotopic (exact) mass is 320 g/mol. The quantitative estimate of drug-likeness (QED) is 0.724. The summed E-state index contributed by atoms with van der Waals surface area (Å²) < 4.78 is 22.4. The van der Waals surface area contributed by atoms with Crippen LogP contribution in [0.3, 0.4) is 0 Å². The Hall–Kier alpha value is -1.22. The van der Waals surface area contributed by atoms with Gasteiger partial charge < -0.3 is 10.6 Å². The number of primary sulfonamides is 1. The second-order valence-electron chi connectivity index (χ2n) is 4.48. The number of halogens is 1. The van der Waals surface area contributed by atoms with Crippen LogP contribution in [0.1, 0.15) is 12.8 Å². The summed E-state index contributed by atoms with van der Waals surface area (Å²) in [5.74, 6) is 0. The maximum Gasteiger partial charge on any atom is 0.238 e. The molecule has 0 spiro atoms. The molecule has 0 radical (unpaired) electrons. The van der Waals surface area contributed by atoms with Gasteiger partial charge in [0.2, 0.25) is 10.0 Å². The molecule has 1 aliphatic heterocycles. The molecule has 2 rings (SSSR count). The summed E-state index contributed by atoms with van der Waals surface area (Å²) in [6.07, 6.45) is 1.88. The Labute approximate surface area is 123 Å². The molecule has 0 saturated carbocycles. The Bertz CT molecular complexity index is 573. The zero-order valence-corrected chi connectivity index (χ0v) is 12.3. The van der Waals surface area contributed by atoms with E-state index >= 15 is 0 Å². The van der Waals surface area contributed by atoms with Crippen LogP contribution in [0.5, 0.6) is 0 Å². The zero-order chi connectivity index (χ0) is 13.9. The fraction of sp³-hybridized carbons (Fsp3) is 0.455. The number of piperidine rings is 1. The smallest absolute Gasteiger partial charge is 0.238 e. The van der Waals surface area contributed by atoms with Crippen LogP contribution in [0, 0.1) is 4.91 Å². The third kappa shape index (κ3) is 4.14. The van der Waals surface area contributed by atoms with E-state index < -0.39 is 10.0 Å². The largest absolute Gasteiger partial charge is 0.380 e. The van der Waals surface area contributed by atoms with E-state index in [1.165, 1.54) is 18.2 Å². The molecular weight excluding hydrogens is 304 g/mol. The van der Waals surface area contributed by atoms with Crippen molar-refractivity contribution in [3.05, 3.63) is 23.1 Å². The van der Waals surface area contributed by atoms with Crippen molar-refractivity contribution in [1.82, 2.24) is 5.32 Å². The van der Waals surface area contributed by atoms with Crippen LogP contribution < -0.4 is 15.8 Å². The van der Waals surface area contributed by atoms with Crippen molar-refractivity contribution >= 4 is 33.8 Å². The number of benzene rings is 1. The van der Waals surface area contributed by atoms with Crippen LogP contribution in [-0.2, 0) is 10.0 Å². The van der Waals surface area contributed by atoms with Gasteiger partial charge in [-0.2, -0.15) is 0 Å². The lowest BCUT2D eigenvalue weighted by Gasteiger charge is -2.25. The van der Waals surface area contributed by atoms with Crippen molar-refractivity contribution in [3.8, 4) is 0 Å². The van der Waals surface area contributed by atoms with Crippen molar-refractivity contribution in [2.75, 3.05) is 18.4 Å². The van der Waals surface area contributed by atoms with Crippen LogP contribution in [0.15, 0.2) is 28.3 Å². The van der Waals surface area contributed by atoms with E-state index in [4.69, 9.17) is 5.14 Å². The molecule has 0 amide bonds. The standard InChI is InChI=1S/C11H16N4O3S.ClH/c12-19(17,18)9-1-2-10(11(7-9)15-16)14-8-3-5-13-6-4-8;/h1-2,7-8,13-14H,3-6H2,(H2,12,17,18);1H. The molecule has 0 atom stereocenters. The Balaban J connectivity index is 0.00000200. The number of nitrogens with zero attached hydrogens (tertiary/aromatic N) is 1. The molecule has 1 aromatic rings. The van der Waals surface area contributed by atoms with E-state index in [2.05, 4.69) is 15.8 Å². The summed E-state index contributed by atoms with van der Waals surface area (Å²) in [4.78, 5) is 10.7. The van der Waals surface area contributed by atoms with Gasteiger partial charge in [-0.05, 0) is 49.3 Å². The minimum atomic E-state index is -3.82. The minimum Gasteiger partial charge on any atom is -0.380 e. The normalized spacial score (nSPS) is 16.2. The van der Waals surface area contributed by atoms with Gasteiger partial charge in [-0.15, -0.1) is 17.3 Å². The van der Waals surface area contributed by atoms with Gasteiger partial charge in [0.05, 0.1) is 10.6 Å². The highest BCUT2D eigenvalue weighted by Gasteiger charge is 2.16. The van der Waals surface area contributed by atoms with Gasteiger partial charge in [-0.1, -0.05) is 0 Å². The fourth-order valence-corrected chi connectivity index (χ4v) is 2.61. The highest BCUT2D eigenvalue weighted by molar-refractivity contribution is 7.89. The maximum absolute atomic E-state index is 11.2. The van der Waals surface area contributed by atoms with Crippen LogP contribution in [0.25, 0.3) is 0 Å². The maximum atomic E-state index is 11.2. The van der Waals surface area contributed by atoms with Gasteiger partial charge in [0.1, 0.15) is 5.69 Å². The number of anilines is 1. The third-order valence-electron chi connectivity index (χ3n) is 3.09. The molecule has 20 heavy (non-hydrogen) atoms. The van der Waals surface area contributed by atoms with Gasteiger partial charge in [-0.3, -0.25) is 0 Å². The third-order valence-corrected chi connectivity index (χ3v) is 4.01. The van der Waals surface area contributed by atoms with Crippen molar-refractivity contribution < 1.29 is 8.42 Å². The molecular formula is C11H17ClN4O3S. The highest BCUT2D eigenvalue weighted by atomic mass is 35.5. The first-order valence-electron chi connectivity index (χ1n) is 5.98. The molecule has 1 aliphatic rings. The average Bonchev–Trinajstić information content (AvgIpc) is 2.39. The van der Waals surface area contributed by atoms with Crippen LogP contribution in [-0.4, -0.2) is 27.5 Å². The van der Waals surface area contributed by atoms with E-state index in [0.717, 1.165) is 25.9 Å². The van der Waals surface area contributed by atoms with E-state index in [9.17, 15) is 13.3 Å². The van der Waals surface area contributed by atoms with Crippen molar-refractivity contribution in [3.63, 3.8) is 0 Å². The first-order chi connectivity index (χ1) is 9.00. The van der Waals surface area contributed by atoms with E-state index in [1.54, 1.807) is 0 Å². The Kier molecular flexibility index (Phi) is 5.88. The summed E-state index contributed by atoms with van der Waals surface area (Å²) in [5, 5.41) is 14.3. The van der Waals surface area contributed by atoms with Crippen LogP contribution >= 0.6 is 12.4 Å². The number of hydrogen-bond acceptors (Lipinski definition) is 6. The fourth-order valence-electron chi connectivity index (χ4n) is 2.07. The predicted molar refractivity (Wildman–Crippen MR) is 80.0 cm³/mol. The van der Waals surface area contributed by atoms with Gasteiger partial charge in [0, 0.05) is 6.04 Å². The molecule has 1 fully saturated rings. The first kappa shape index (κ1) is 16.8. The number of rotatable bonds is 4. The lowest BCUT2D eigenvalue weighted by molar-refractivity contribution is 0.479. The zero-order valence-electron chi connectivity index (χ0n) is 10.7. The molecule has 0 bridgehead atoms. The lowest BCUT2D eigenvalue weighted by Crippen LogP contribution is -2.35. The second kappa shape index (κ2) is 6.98. The Morgan fingerprint density at radius 3 is 2.50 bits per heavy atom. The number of hydrogen-bond donors (Lipinski definition) is 3. The molecule has 1 heterocycles. The molecule has 0 unspecified atom stereocenters. The summed E-state index contributed by atoms with van der Waals surface area (Å²) in [5.41, 5.74) is 0.597. The Morgan fingerprint density at radius 1 is 1.30 bits per heavy atom. The SMILES string of the molecule is Cl.NS(=O)(=O)c1ccc(NC2CCNCC2)c(N=O)c1. The number of nitrogens with two attached hydrogens (primary N) is 1. The van der Waals surface area contributed by atoms with E-state index in [-0.39, 0.29) is 29.0 Å². The molecule has 1 saturated heterocycles. The van der Waals surface area contributed by atoms with E-state index in [1.807, 2.05) is 0 Å². The number of nitroso groups, excluding NO2 is 1. The average molecular weight is 321 g/mol. The van der Waals surface area contributed by atoms with Gasteiger partial charge in [0.25, 0.3) is 0 Å². The first-order valence-corrected chi connectivity index (χ1v) is 7.53. The van der Waals surface area contributed by atoms with Crippen LogP contribution in [0.4, 0.5) is 11.4 Å². The summed E-state index contributed by atoms with van der Waals surface area (Å²) in [6, 6.07) is 4.33. The van der Waals surface area contributed by atoms with Gasteiger partial charge in [0.15, 0.2) is 0 Å². The molecule has 9 heteroatoms. The van der Waals surface area contributed by atoms with Gasteiger partial charge in [-0.25, -0.2) is 13.6 Å². The van der Waals surface area contributed by atoms with Gasteiger partial charge >= 0.3 is 0 Å². The summed E-state index contributed by atoms with van der Waals surface area (Å²) in [6.45, 7) is 1.83. The molecule has 112 valence electrons. The highest BCUT2D eigenvalue weighted by Crippen LogP contribution is 2.29. The molecule has 4 N–H and O–H groups in total. The lowest BCUT2D eigenvalue weighted by atomic mass is 10.1. The van der Waals surface area contributed by atoms with Crippen molar-refractivity contribution in [2.45, 2.75) is 23.8 Å². The van der Waals surface area contributed by atoms with E-state index in [0.29, 0.717) is 5.69 Å². The Morgan fingerprint density at radius 2 is 1.95 bits per heavy atom. The van der Waals surface area contributed by atoms with Crippen LogP contribution in [0.2, 0.25) is 0 Å². The minimum absolute atomic E-state index is 0. The molecule has 0 aromatic heterocycles. The topological polar surface area (TPSA) is 114 Å².